The number of ether oxygens (including phenoxy) is 1. The van der Waals surface area contributed by atoms with Gasteiger partial charge in [-0.15, -0.1) is 0 Å². The van der Waals surface area contributed by atoms with Crippen LogP contribution in [0.1, 0.15) is 64.2 Å². The highest BCUT2D eigenvalue weighted by molar-refractivity contribution is 5.76. The fourth-order valence-corrected chi connectivity index (χ4v) is 4.22. The number of carbonyl (C=O) groups excluding carboxylic acids is 1. The van der Waals surface area contributed by atoms with Gasteiger partial charge in [-0.05, 0) is 71.0 Å². The van der Waals surface area contributed by atoms with Crippen LogP contribution in [0.2, 0.25) is 0 Å². The predicted molar refractivity (Wildman–Crippen MR) is 83.2 cm³/mol. The van der Waals surface area contributed by atoms with Crippen molar-refractivity contribution in [2.75, 3.05) is 19.6 Å². The molecule has 1 aliphatic carbocycles. The van der Waals surface area contributed by atoms with E-state index in [0.29, 0.717) is 6.04 Å². The Bertz CT molecular complexity index is 334. The van der Waals surface area contributed by atoms with Gasteiger partial charge in [0.25, 0.3) is 0 Å². The monoisotopic (exact) mass is 294 g/mol. The Morgan fingerprint density at radius 2 is 1.62 bits per heavy atom. The highest BCUT2D eigenvalue weighted by Gasteiger charge is 2.37. The summed E-state index contributed by atoms with van der Waals surface area (Å²) in [5, 5.41) is 3.41. The number of piperidine rings is 1. The van der Waals surface area contributed by atoms with Crippen LogP contribution < -0.4 is 5.32 Å². The van der Waals surface area contributed by atoms with Crippen LogP contribution in [0.15, 0.2) is 0 Å². The lowest BCUT2D eigenvalue weighted by molar-refractivity contribution is -0.156. The maximum Gasteiger partial charge on any atom is 0.323 e. The number of nitrogens with zero attached hydrogens (tertiary/aromatic N) is 1. The lowest BCUT2D eigenvalue weighted by atomic mass is 10.0. The first-order valence-corrected chi connectivity index (χ1v) is 9.01. The van der Waals surface area contributed by atoms with Gasteiger partial charge in [0.05, 0.1) is 0 Å². The molecular formula is C17H30N2O2. The summed E-state index contributed by atoms with van der Waals surface area (Å²) in [6.07, 6.45) is 11.9. The second-order valence-corrected chi connectivity index (χ2v) is 6.93. The third-order valence-corrected chi connectivity index (χ3v) is 5.43. The molecule has 3 aliphatic rings. The lowest BCUT2D eigenvalue weighted by Crippen LogP contribution is -2.48. The van der Waals surface area contributed by atoms with E-state index in [0.717, 1.165) is 45.3 Å². The average molecular weight is 294 g/mol. The Balaban J connectivity index is 1.54. The van der Waals surface area contributed by atoms with Crippen molar-refractivity contribution >= 4 is 5.97 Å². The van der Waals surface area contributed by atoms with E-state index >= 15 is 0 Å². The van der Waals surface area contributed by atoms with Crippen molar-refractivity contribution in [2.24, 2.45) is 0 Å². The van der Waals surface area contributed by atoms with Gasteiger partial charge >= 0.3 is 5.97 Å². The topological polar surface area (TPSA) is 41.6 Å². The zero-order valence-corrected chi connectivity index (χ0v) is 13.2. The molecule has 21 heavy (non-hydrogen) atoms. The largest absolute Gasteiger partial charge is 0.461 e. The molecule has 1 atom stereocenters. The number of likely N-dealkylation sites (tertiary alicyclic amines) is 1. The molecule has 2 saturated heterocycles. The Morgan fingerprint density at radius 1 is 0.905 bits per heavy atom. The van der Waals surface area contributed by atoms with Gasteiger partial charge < -0.3 is 10.1 Å². The SMILES string of the molecule is O=C(OC1CCCCCC1)C1CCCN1C1CCNCC1. The minimum absolute atomic E-state index is 0.0383. The second-order valence-electron chi connectivity index (χ2n) is 6.93. The first-order valence-electron chi connectivity index (χ1n) is 9.01. The van der Waals surface area contributed by atoms with Crippen molar-refractivity contribution in [1.29, 1.82) is 0 Å². The van der Waals surface area contributed by atoms with Crippen molar-refractivity contribution in [3.63, 3.8) is 0 Å². The molecular weight excluding hydrogens is 264 g/mol. The minimum Gasteiger partial charge on any atom is -0.461 e. The van der Waals surface area contributed by atoms with Crippen LogP contribution in [0.4, 0.5) is 0 Å². The Morgan fingerprint density at radius 3 is 2.33 bits per heavy atom. The second kappa shape index (κ2) is 7.59. The molecule has 0 spiro atoms. The van der Waals surface area contributed by atoms with Crippen LogP contribution in [0.5, 0.6) is 0 Å². The van der Waals surface area contributed by atoms with E-state index in [1.54, 1.807) is 0 Å². The summed E-state index contributed by atoms with van der Waals surface area (Å²) < 4.78 is 5.88. The van der Waals surface area contributed by atoms with Crippen LogP contribution in [0.3, 0.4) is 0 Å². The van der Waals surface area contributed by atoms with E-state index in [1.807, 2.05) is 0 Å². The fourth-order valence-electron chi connectivity index (χ4n) is 4.22. The first-order chi connectivity index (χ1) is 10.3. The highest BCUT2D eigenvalue weighted by Crippen LogP contribution is 2.27. The molecule has 4 heteroatoms. The molecule has 120 valence electrons. The highest BCUT2D eigenvalue weighted by atomic mass is 16.5. The average Bonchev–Trinajstić information content (AvgIpc) is 2.87. The Labute approximate surface area is 128 Å². The number of rotatable bonds is 3. The van der Waals surface area contributed by atoms with Crippen LogP contribution in [0.25, 0.3) is 0 Å². The molecule has 0 aromatic carbocycles. The summed E-state index contributed by atoms with van der Waals surface area (Å²) in [5.41, 5.74) is 0. The molecule has 2 aliphatic heterocycles. The molecule has 4 nitrogen and oxygen atoms in total. The standard InChI is InChI=1S/C17H30N2O2/c20-17(21-15-6-3-1-2-4-7-15)16-8-5-13-19(16)14-9-11-18-12-10-14/h14-16,18H,1-13H2. The van der Waals surface area contributed by atoms with E-state index in [9.17, 15) is 4.79 Å². The smallest absolute Gasteiger partial charge is 0.323 e. The number of esters is 1. The van der Waals surface area contributed by atoms with Crippen LogP contribution in [0, 0.1) is 0 Å². The number of carbonyl (C=O) groups is 1. The van der Waals surface area contributed by atoms with E-state index in [4.69, 9.17) is 4.74 Å². The van der Waals surface area contributed by atoms with Gasteiger partial charge in [-0.25, -0.2) is 0 Å². The first kappa shape index (κ1) is 15.3. The summed E-state index contributed by atoms with van der Waals surface area (Å²) in [5.74, 6) is 0.0675. The van der Waals surface area contributed by atoms with Gasteiger partial charge in [0, 0.05) is 6.04 Å². The molecule has 0 aromatic rings. The van der Waals surface area contributed by atoms with Crippen LogP contribution in [-0.2, 0) is 9.53 Å². The summed E-state index contributed by atoms with van der Waals surface area (Å²) in [6.45, 7) is 3.26. The number of hydrogen-bond acceptors (Lipinski definition) is 4. The van der Waals surface area contributed by atoms with Gasteiger partial charge in [-0.3, -0.25) is 9.69 Å². The predicted octanol–water partition coefficient (Wildman–Crippen LogP) is 2.47. The summed E-state index contributed by atoms with van der Waals surface area (Å²) >= 11 is 0. The normalized spacial score (nSPS) is 30.2. The van der Waals surface area contributed by atoms with Gasteiger partial charge in [0.15, 0.2) is 0 Å². The lowest BCUT2D eigenvalue weighted by Gasteiger charge is -2.35. The molecule has 0 radical (unpaired) electrons. The molecule has 0 aromatic heterocycles. The molecule has 0 amide bonds. The third kappa shape index (κ3) is 3.98. The van der Waals surface area contributed by atoms with E-state index in [1.165, 1.54) is 38.5 Å². The third-order valence-electron chi connectivity index (χ3n) is 5.43. The van der Waals surface area contributed by atoms with E-state index < -0.39 is 0 Å². The molecule has 2 heterocycles. The Kier molecular flexibility index (Phi) is 5.53. The van der Waals surface area contributed by atoms with E-state index in [2.05, 4.69) is 10.2 Å². The van der Waals surface area contributed by atoms with Crippen molar-refractivity contribution < 1.29 is 9.53 Å². The number of hydrogen-bond donors (Lipinski definition) is 1. The van der Waals surface area contributed by atoms with Gasteiger partial charge in [-0.2, -0.15) is 0 Å². The molecule has 1 unspecified atom stereocenters. The molecule has 0 bridgehead atoms. The van der Waals surface area contributed by atoms with Crippen molar-refractivity contribution in [2.45, 2.75) is 82.4 Å². The summed E-state index contributed by atoms with van der Waals surface area (Å²) in [6, 6.07) is 0.622. The molecule has 1 saturated carbocycles. The van der Waals surface area contributed by atoms with Crippen LogP contribution >= 0.6 is 0 Å². The summed E-state index contributed by atoms with van der Waals surface area (Å²) in [7, 11) is 0. The van der Waals surface area contributed by atoms with Crippen molar-refractivity contribution in [3.05, 3.63) is 0 Å². The minimum atomic E-state index is 0.0383. The summed E-state index contributed by atoms with van der Waals surface area (Å²) in [4.78, 5) is 15.0. The fraction of sp³-hybridized carbons (Fsp3) is 0.941. The van der Waals surface area contributed by atoms with Crippen LogP contribution in [-0.4, -0.2) is 48.7 Å². The van der Waals surface area contributed by atoms with Gasteiger partial charge in [-0.1, -0.05) is 12.8 Å². The maximum atomic E-state index is 12.6. The van der Waals surface area contributed by atoms with Gasteiger partial charge in [0.2, 0.25) is 0 Å². The number of nitrogens with one attached hydrogen (secondary N) is 1. The van der Waals surface area contributed by atoms with Crippen molar-refractivity contribution in [3.8, 4) is 0 Å². The van der Waals surface area contributed by atoms with E-state index in [-0.39, 0.29) is 18.1 Å². The van der Waals surface area contributed by atoms with Crippen molar-refractivity contribution in [1.82, 2.24) is 10.2 Å². The zero-order valence-electron chi connectivity index (χ0n) is 13.2. The zero-order chi connectivity index (χ0) is 14.5. The molecule has 3 fully saturated rings. The quantitative estimate of drug-likeness (QED) is 0.641. The molecule has 3 rings (SSSR count). The Hall–Kier alpha value is -0.610. The van der Waals surface area contributed by atoms with Gasteiger partial charge in [0.1, 0.15) is 12.1 Å². The maximum absolute atomic E-state index is 12.6. The molecule has 1 N–H and O–H groups in total.